The number of ether oxygens (including phenoxy) is 1. The van der Waals surface area contributed by atoms with Gasteiger partial charge in [-0.3, -0.25) is 0 Å². The fourth-order valence-electron chi connectivity index (χ4n) is 5.55. The van der Waals surface area contributed by atoms with Gasteiger partial charge < -0.3 is 14.4 Å². The van der Waals surface area contributed by atoms with E-state index in [0.29, 0.717) is 12.2 Å². The van der Waals surface area contributed by atoms with E-state index in [1.807, 2.05) is 13.0 Å². The maximum atomic E-state index is 15.6. The number of thioether (sulfide) groups is 1. The van der Waals surface area contributed by atoms with Crippen LogP contribution in [-0.2, 0) is 27.1 Å². The first-order valence-corrected chi connectivity index (χ1v) is 21.1. The van der Waals surface area contributed by atoms with Gasteiger partial charge in [0.25, 0.3) is 10.0 Å². The first kappa shape index (κ1) is 34.7. The summed E-state index contributed by atoms with van der Waals surface area (Å²) in [6.45, 7) is 9.83. The Morgan fingerprint density at radius 2 is 1.74 bits per heavy atom. The van der Waals surface area contributed by atoms with E-state index in [0.717, 1.165) is 27.3 Å². The molecule has 0 amide bonds. The fraction of sp³-hybridized carbons (Fsp3) is 0.333. The largest absolute Gasteiger partial charge is 0.428 e. The number of hydrogen-bond acceptors (Lipinski definition) is 7. The third kappa shape index (κ3) is 6.22. The Hall–Kier alpha value is -3.61. The standard InChI is InChI=1S/C33H35F3N4O4S2Si/c1-21-7-10-24(11-8-21)46(42,43)40-14-13-25-29(28(45-3)17-22(2)30(25)40)32(41,33(34,35)36)31-38-26-18-23(19-37)9-12-27(26)39(31)20-44-15-16-47(4,5)6/h7-14,17-18,41H,15-16,20H2,1-6H3. The third-order valence-corrected chi connectivity index (χ3v) is 12.2. The Morgan fingerprint density at radius 1 is 1.06 bits per heavy atom. The summed E-state index contributed by atoms with van der Waals surface area (Å²) >= 11 is 0.994. The van der Waals surface area contributed by atoms with Crippen LogP contribution >= 0.6 is 11.8 Å². The van der Waals surface area contributed by atoms with Crippen molar-refractivity contribution in [3.63, 3.8) is 0 Å². The van der Waals surface area contributed by atoms with Crippen LogP contribution in [0.3, 0.4) is 0 Å². The van der Waals surface area contributed by atoms with Gasteiger partial charge >= 0.3 is 6.18 Å². The number of hydrogen-bond donors (Lipinski definition) is 1. The lowest BCUT2D eigenvalue weighted by molar-refractivity contribution is -0.252. The van der Waals surface area contributed by atoms with Gasteiger partial charge in [-0.1, -0.05) is 37.3 Å². The van der Waals surface area contributed by atoms with E-state index in [1.54, 1.807) is 25.3 Å². The van der Waals surface area contributed by atoms with Crippen molar-refractivity contribution in [2.24, 2.45) is 0 Å². The monoisotopic (exact) mass is 700 g/mol. The van der Waals surface area contributed by atoms with Crippen molar-refractivity contribution in [1.29, 1.82) is 5.26 Å². The summed E-state index contributed by atoms with van der Waals surface area (Å²) in [6.07, 6.45) is -2.53. The molecule has 2 heterocycles. The second-order valence-electron chi connectivity index (χ2n) is 12.7. The summed E-state index contributed by atoms with van der Waals surface area (Å²) in [5, 5.41) is 21.6. The van der Waals surface area contributed by atoms with E-state index in [9.17, 15) is 18.8 Å². The van der Waals surface area contributed by atoms with Crippen molar-refractivity contribution in [3.05, 3.63) is 88.9 Å². The molecule has 8 nitrogen and oxygen atoms in total. The summed E-state index contributed by atoms with van der Waals surface area (Å²) in [6, 6.07) is 15.9. The predicted octanol–water partition coefficient (Wildman–Crippen LogP) is 7.55. The van der Waals surface area contributed by atoms with Gasteiger partial charge in [-0.05, 0) is 74.2 Å². The number of halogens is 3. The maximum Gasteiger partial charge on any atom is 0.428 e. The first-order valence-electron chi connectivity index (χ1n) is 14.7. The van der Waals surface area contributed by atoms with Crippen molar-refractivity contribution in [3.8, 4) is 6.07 Å². The molecular weight excluding hydrogens is 666 g/mol. The second-order valence-corrected chi connectivity index (χ2v) is 21.0. The minimum absolute atomic E-state index is 0.00173. The normalized spacial score (nSPS) is 14.1. The van der Waals surface area contributed by atoms with E-state index < -0.39 is 41.3 Å². The quantitative estimate of drug-likeness (QED) is 0.0911. The van der Waals surface area contributed by atoms with Crippen LogP contribution in [0.15, 0.2) is 70.6 Å². The van der Waals surface area contributed by atoms with Crippen molar-refractivity contribution >= 4 is 51.8 Å². The van der Waals surface area contributed by atoms with E-state index in [1.165, 1.54) is 53.2 Å². The van der Waals surface area contributed by atoms with E-state index >= 15 is 13.2 Å². The van der Waals surface area contributed by atoms with Gasteiger partial charge in [0.15, 0.2) is 5.82 Å². The Bertz CT molecular complexity index is 2130. The summed E-state index contributed by atoms with van der Waals surface area (Å²) in [5.74, 6) is -0.752. The Balaban J connectivity index is 1.81. The molecule has 3 aromatic carbocycles. The molecule has 0 saturated carbocycles. The minimum atomic E-state index is -5.33. The van der Waals surface area contributed by atoms with Gasteiger partial charge in [-0.25, -0.2) is 17.4 Å². The molecule has 47 heavy (non-hydrogen) atoms. The van der Waals surface area contributed by atoms with E-state index in [4.69, 9.17) is 4.74 Å². The number of rotatable bonds is 10. The van der Waals surface area contributed by atoms with Crippen molar-refractivity contribution < 1.29 is 31.4 Å². The topological polar surface area (TPSA) is 110 Å². The van der Waals surface area contributed by atoms with Crippen LogP contribution in [0.25, 0.3) is 21.9 Å². The Kier molecular flexibility index (Phi) is 9.19. The van der Waals surface area contributed by atoms with Crippen LogP contribution in [0.2, 0.25) is 25.7 Å². The summed E-state index contributed by atoms with van der Waals surface area (Å²) in [5.41, 5.74) is -2.52. The molecule has 0 aliphatic rings. The number of imidazole rings is 1. The summed E-state index contributed by atoms with van der Waals surface area (Å²) in [7, 11) is -5.76. The summed E-state index contributed by atoms with van der Waals surface area (Å²) in [4.78, 5) is 4.37. The lowest BCUT2D eigenvalue weighted by Crippen LogP contribution is -2.46. The summed E-state index contributed by atoms with van der Waals surface area (Å²) < 4.78 is 82.6. The molecule has 1 N–H and O–H groups in total. The number of fused-ring (bicyclic) bond motifs is 2. The highest BCUT2D eigenvalue weighted by molar-refractivity contribution is 7.98. The molecule has 0 aliphatic heterocycles. The maximum absolute atomic E-state index is 15.6. The van der Waals surface area contributed by atoms with Gasteiger partial charge in [0.05, 0.1) is 33.1 Å². The average molecular weight is 701 g/mol. The van der Waals surface area contributed by atoms with E-state index in [2.05, 4.69) is 24.6 Å². The zero-order valence-electron chi connectivity index (χ0n) is 26.8. The third-order valence-electron chi connectivity index (χ3n) is 8.08. The van der Waals surface area contributed by atoms with Gasteiger partial charge in [0.1, 0.15) is 6.73 Å². The van der Waals surface area contributed by atoms with Crippen molar-refractivity contribution in [2.75, 3.05) is 12.9 Å². The number of aromatic nitrogens is 3. The van der Waals surface area contributed by atoms with Crippen molar-refractivity contribution in [2.45, 2.75) is 67.8 Å². The molecule has 5 aromatic rings. The van der Waals surface area contributed by atoms with Gasteiger partial charge in [-0.15, -0.1) is 11.8 Å². The zero-order chi connectivity index (χ0) is 34.5. The van der Waals surface area contributed by atoms with Crippen LogP contribution in [0.1, 0.15) is 28.1 Å². The van der Waals surface area contributed by atoms with Crippen LogP contribution < -0.4 is 0 Å². The molecule has 0 radical (unpaired) electrons. The van der Waals surface area contributed by atoms with Gasteiger partial charge in [-0.2, -0.15) is 18.4 Å². The molecule has 0 bridgehead atoms. The molecule has 0 spiro atoms. The molecule has 1 unspecified atom stereocenters. The second kappa shape index (κ2) is 12.4. The zero-order valence-corrected chi connectivity index (χ0v) is 29.4. The fourth-order valence-corrected chi connectivity index (χ4v) is 8.48. The molecule has 0 fully saturated rings. The van der Waals surface area contributed by atoms with Crippen LogP contribution in [0, 0.1) is 25.2 Å². The minimum Gasteiger partial charge on any atom is -0.370 e. The molecular formula is C33H35F3N4O4S2Si. The molecule has 14 heteroatoms. The Labute approximate surface area is 276 Å². The smallest absolute Gasteiger partial charge is 0.370 e. The van der Waals surface area contributed by atoms with Crippen LogP contribution in [-0.4, -0.2) is 54.2 Å². The molecule has 248 valence electrons. The molecule has 2 aromatic heterocycles. The lowest BCUT2D eigenvalue weighted by Gasteiger charge is -2.33. The molecule has 1 atom stereocenters. The predicted molar refractivity (Wildman–Crippen MR) is 180 cm³/mol. The molecule has 0 saturated heterocycles. The van der Waals surface area contributed by atoms with E-state index in [-0.39, 0.29) is 44.0 Å². The highest BCUT2D eigenvalue weighted by atomic mass is 32.2. The number of aliphatic hydroxyl groups is 1. The van der Waals surface area contributed by atoms with Crippen LogP contribution in [0.4, 0.5) is 13.2 Å². The number of alkyl halides is 3. The number of aryl methyl sites for hydroxylation is 2. The average Bonchev–Trinajstić information content (AvgIpc) is 3.61. The highest BCUT2D eigenvalue weighted by Gasteiger charge is 2.61. The molecule has 0 aliphatic carbocycles. The number of nitrogens with zero attached hydrogens (tertiary/aromatic N) is 4. The number of benzene rings is 3. The Morgan fingerprint density at radius 3 is 2.34 bits per heavy atom. The van der Waals surface area contributed by atoms with Gasteiger partial charge in [0, 0.05) is 36.7 Å². The highest BCUT2D eigenvalue weighted by Crippen LogP contribution is 2.50. The molecule has 5 rings (SSSR count). The number of nitriles is 1. The lowest BCUT2D eigenvalue weighted by atomic mass is 9.88. The SMILES string of the molecule is CSc1cc(C)c2c(ccn2S(=O)(=O)c2ccc(C)cc2)c1C(O)(c1nc2cc(C#N)ccc2n1COCC[Si](C)(C)C)C(F)(F)F. The van der Waals surface area contributed by atoms with Gasteiger partial charge in [0.2, 0.25) is 5.60 Å². The first-order chi connectivity index (χ1) is 21.9. The van der Waals surface area contributed by atoms with Crippen molar-refractivity contribution in [1.82, 2.24) is 13.5 Å². The van der Waals surface area contributed by atoms with Crippen LogP contribution in [0.5, 0.6) is 0 Å².